The molecule has 0 heterocycles. The Labute approximate surface area is 122 Å². The molecule has 1 rings (SSSR count). The van der Waals surface area contributed by atoms with E-state index in [1.165, 1.54) is 21.0 Å². The van der Waals surface area contributed by atoms with Gasteiger partial charge in [0.1, 0.15) is 11.3 Å². The van der Waals surface area contributed by atoms with E-state index in [-0.39, 0.29) is 10.5 Å². The van der Waals surface area contributed by atoms with Gasteiger partial charge < -0.3 is 15.5 Å². The molecule has 3 N–H and O–H groups in total. The van der Waals surface area contributed by atoms with Crippen LogP contribution in [-0.2, 0) is 14.8 Å². The maximum absolute atomic E-state index is 12.4. The molecule has 116 valence electrons. The molecule has 0 aliphatic rings. The molecule has 21 heavy (non-hydrogen) atoms. The van der Waals surface area contributed by atoms with Crippen LogP contribution in [0.25, 0.3) is 0 Å². The lowest BCUT2D eigenvalue weighted by molar-refractivity contribution is -0.120. The number of aromatic hydroxyl groups is 1. The van der Waals surface area contributed by atoms with Crippen LogP contribution in [0.1, 0.15) is 15.9 Å². The monoisotopic (exact) mass is 316 g/mol. The number of rotatable bonds is 5. The second-order valence-electron chi connectivity index (χ2n) is 4.37. The summed E-state index contributed by atoms with van der Waals surface area (Å²) in [4.78, 5) is 22.0. The summed E-state index contributed by atoms with van der Waals surface area (Å²) in [6.07, 6.45) is 0. The molecular weight excluding hydrogens is 300 g/mol. The van der Waals surface area contributed by atoms with Crippen LogP contribution in [0.15, 0.2) is 17.0 Å². The number of amides is 1. The van der Waals surface area contributed by atoms with E-state index in [0.717, 1.165) is 16.4 Å². The fraction of sp³-hybridized carbons (Fsp3) is 0.333. The normalized spacial score (nSPS) is 11.4. The van der Waals surface area contributed by atoms with Crippen molar-refractivity contribution >= 4 is 21.9 Å². The Balaban J connectivity index is 3.34. The zero-order valence-electron chi connectivity index (χ0n) is 11.7. The summed E-state index contributed by atoms with van der Waals surface area (Å²) < 4.78 is 25.5. The molecule has 0 aliphatic carbocycles. The lowest BCUT2D eigenvalue weighted by Gasteiger charge is -2.18. The van der Waals surface area contributed by atoms with Gasteiger partial charge in [-0.2, -0.15) is 4.31 Å². The molecule has 1 amide bonds. The molecule has 0 radical (unpaired) electrons. The van der Waals surface area contributed by atoms with Gasteiger partial charge in [-0.25, -0.2) is 13.2 Å². The number of carbonyl (C=O) groups excluding carboxylic acids is 1. The maximum Gasteiger partial charge on any atom is 0.339 e. The van der Waals surface area contributed by atoms with Gasteiger partial charge in [0.15, 0.2) is 0 Å². The largest absolute Gasteiger partial charge is 0.507 e. The molecule has 0 fully saturated rings. The number of carboxylic acid groups (broad SMARTS) is 1. The minimum Gasteiger partial charge on any atom is -0.507 e. The van der Waals surface area contributed by atoms with Gasteiger partial charge >= 0.3 is 5.97 Å². The topological polar surface area (TPSA) is 124 Å². The highest BCUT2D eigenvalue weighted by Gasteiger charge is 2.26. The quantitative estimate of drug-likeness (QED) is 0.689. The molecule has 0 saturated heterocycles. The number of sulfonamides is 1. The molecule has 8 nitrogen and oxygen atoms in total. The minimum atomic E-state index is -4.05. The number of hydrogen-bond donors (Lipinski definition) is 3. The van der Waals surface area contributed by atoms with Gasteiger partial charge in [-0.05, 0) is 24.6 Å². The highest BCUT2D eigenvalue weighted by molar-refractivity contribution is 7.89. The maximum atomic E-state index is 12.4. The number of nitrogens with one attached hydrogen (secondary N) is 1. The van der Waals surface area contributed by atoms with Crippen molar-refractivity contribution in [3.63, 3.8) is 0 Å². The van der Waals surface area contributed by atoms with Gasteiger partial charge in [-0.1, -0.05) is 0 Å². The van der Waals surface area contributed by atoms with E-state index < -0.39 is 39.8 Å². The molecule has 0 aromatic heterocycles. The summed E-state index contributed by atoms with van der Waals surface area (Å²) in [5.74, 6) is -2.47. The highest BCUT2D eigenvalue weighted by atomic mass is 32.2. The van der Waals surface area contributed by atoms with E-state index in [0.29, 0.717) is 0 Å². The second kappa shape index (κ2) is 6.10. The first-order chi connectivity index (χ1) is 9.61. The van der Waals surface area contributed by atoms with Crippen molar-refractivity contribution in [3.05, 3.63) is 23.3 Å². The molecule has 0 bridgehead atoms. The minimum absolute atomic E-state index is 0.182. The van der Waals surface area contributed by atoms with E-state index in [1.54, 1.807) is 0 Å². The molecule has 0 aliphatic heterocycles. The number of hydrogen-bond acceptors (Lipinski definition) is 5. The van der Waals surface area contributed by atoms with Crippen molar-refractivity contribution < 1.29 is 28.2 Å². The van der Waals surface area contributed by atoms with Crippen LogP contribution >= 0.6 is 0 Å². The number of carbonyl (C=O) groups is 2. The van der Waals surface area contributed by atoms with Gasteiger partial charge in [0, 0.05) is 14.1 Å². The van der Waals surface area contributed by atoms with Crippen molar-refractivity contribution in [3.8, 4) is 5.75 Å². The van der Waals surface area contributed by atoms with Crippen LogP contribution in [0.2, 0.25) is 0 Å². The average molecular weight is 316 g/mol. The lowest BCUT2D eigenvalue weighted by atomic mass is 10.1. The number of nitrogens with zero attached hydrogens (tertiary/aromatic N) is 1. The Hall–Kier alpha value is -2.13. The Morgan fingerprint density at radius 3 is 2.38 bits per heavy atom. The summed E-state index contributed by atoms with van der Waals surface area (Å²) in [6, 6.07) is 1.94. The third-order valence-electron chi connectivity index (χ3n) is 2.86. The summed E-state index contributed by atoms with van der Waals surface area (Å²) >= 11 is 0. The van der Waals surface area contributed by atoms with Gasteiger partial charge in [-0.15, -0.1) is 0 Å². The average Bonchev–Trinajstić information content (AvgIpc) is 2.37. The zero-order chi connectivity index (χ0) is 16.4. The van der Waals surface area contributed by atoms with Crippen molar-refractivity contribution in [1.82, 2.24) is 9.62 Å². The standard InChI is InChI=1S/C12H16N2O6S/c1-7-4-9(15)8(12(17)18)5-10(7)21(19,20)14(3)6-11(16)13-2/h4-5,15H,6H2,1-3H3,(H,13,16)(H,17,18). The SMILES string of the molecule is CNC(=O)CN(C)S(=O)(=O)c1cc(C(=O)O)c(O)cc1C. The van der Waals surface area contributed by atoms with Crippen LogP contribution in [0.5, 0.6) is 5.75 Å². The van der Waals surface area contributed by atoms with Gasteiger partial charge in [0.05, 0.1) is 11.4 Å². The number of phenols is 1. The van der Waals surface area contributed by atoms with Crippen LogP contribution < -0.4 is 5.32 Å². The number of likely N-dealkylation sites (N-methyl/N-ethyl adjacent to an activating group) is 2. The highest BCUT2D eigenvalue weighted by Crippen LogP contribution is 2.27. The molecule has 0 unspecified atom stereocenters. The molecule has 0 saturated carbocycles. The zero-order valence-corrected chi connectivity index (χ0v) is 12.6. The van der Waals surface area contributed by atoms with E-state index in [9.17, 15) is 23.1 Å². The number of benzene rings is 1. The smallest absolute Gasteiger partial charge is 0.339 e. The van der Waals surface area contributed by atoms with Crippen LogP contribution in [0, 0.1) is 6.92 Å². The summed E-state index contributed by atoms with van der Waals surface area (Å²) in [7, 11) is -1.47. The molecule has 0 atom stereocenters. The Kier molecular flexibility index (Phi) is 4.92. The molecule has 1 aromatic rings. The van der Waals surface area contributed by atoms with Gasteiger partial charge in [0.2, 0.25) is 15.9 Å². The predicted octanol–water partition coefficient (Wildman–Crippen LogP) is -0.235. The first kappa shape index (κ1) is 16.9. The Bertz CT molecular complexity index is 683. The van der Waals surface area contributed by atoms with Crippen LogP contribution in [0.3, 0.4) is 0 Å². The van der Waals surface area contributed by atoms with Crippen LogP contribution in [0.4, 0.5) is 0 Å². The molecule has 9 heteroatoms. The number of carboxylic acids is 1. The summed E-state index contributed by atoms with van der Waals surface area (Å²) in [5.41, 5.74) is -0.339. The van der Waals surface area contributed by atoms with Gasteiger partial charge in [-0.3, -0.25) is 4.79 Å². The summed E-state index contributed by atoms with van der Waals surface area (Å²) in [5, 5.41) is 20.8. The first-order valence-electron chi connectivity index (χ1n) is 5.85. The van der Waals surface area contributed by atoms with E-state index >= 15 is 0 Å². The number of aryl methyl sites for hydroxylation is 1. The molecule has 1 aromatic carbocycles. The second-order valence-corrected chi connectivity index (χ2v) is 6.39. The van der Waals surface area contributed by atoms with E-state index in [2.05, 4.69) is 5.32 Å². The van der Waals surface area contributed by atoms with Gasteiger partial charge in [0.25, 0.3) is 0 Å². The predicted molar refractivity (Wildman–Crippen MR) is 73.7 cm³/mol. The number of aromatic carboxylic acids is 1. The summed E-state index contributed by atoms with van der Waals surface area (Å²) in [6.45, 7) is 1.02. The van der Waals surface area contributed by atoms with E-state index in [1.807, 2.05) is 0 Å². The first-order valence-corrected chi connectivity index (χ1v) is 7.29. The Morgan fingerprint density at radius 2 is 1.90 bits per heavy atom. The molecular formula is C12H16N2O6S. The lowest BCUT2D eigenvalue weighted by Crippen LogP contribution is -2.37. The van der Waals surface area contributed by atoms with Crippen molar-refractivity contribution in [2.75, 3.05) is 20.6 Å². The third kappa shape index (κ3) is 3.50. The van der Waals surface area contributed by atoms with E-state index in [4.69, 9.17) is 5.11 Å². The van der Waals surface area contributed by atoms with Crippen molar-refractivity contribution in [1.29, 1.82) is 0 Å². The third-order valence-corrected chi connectivity index (χ3v) is 4.80. The fourth-order valence-corrected chi connectivity index (χ4v) is 3.01. The molecule has 0 spiro atoms. The van der Waals surface area contributed by atoms with Crippen molar-refractivity contribution in [2.24, 2.45) is 0 Å². The fourth-order valence-electron chi connectivity index (χ4n) is 1.66. The van der Waals surface area contributed by atoms with Crippen LogP contribution in [-0.4, -0.2) is 55.5 Å². The Morgan fingerprint density at radius 1 is 1.33 bits per heavy atom. The van der Waals surface area contributed by atoms with Crippen molar-refractivity contribution in [2.45, 2.75) is 11.8 Å².